The Kier molecular flexibility index (Phi) is 5.11. The SMILES string of the molecule is C[C@H](NC(=O)c1c(F)cccc1Cl)C(=O)OC(C)(C)C. The first-order valence-electron chi connectivity index (χ1n) is 6.09. The summed E-state index contributed by atoms with van der Waals surface area (Å²) in [6.07, 6.45) is 0. The monoisotopic (exact) mass is 301 g/mol. The van der Waals surface area contributed by atoms with Crippen LogP contribution in [0.15, 0.2) is 18.2 Å². The van der Waals surface area contributed by atoms with Crippen LogP contribution in [-0.2, 0) is 9.53 Å². The highest BCUT2D eigenvalue weighted by Crippen LogP contribution is 2.19. The van der Waals surface area contributed by atoms with Gasteiger partial charge in [-0.15, -0.1) is 0 Å². The minimum absolute atomic E-state index is 0.0149. The number of carbonyl (C=O) groups is 2. The van der Waals surface area contributed by atoms with Crippen LogP contribution in [0.5, 0.6) is 0 Å². The Bertz CT molecular complexity index is 505. The molecule has 1 N–H and O–H groups in total. The van der Waals surface area contributed by atoms with Gasteiger partial charge in [0.25, 0.3) is 5.91 Å². The van der Waals surface area contributed by atoms with E-state index in [4.69, 9.17) is 16.3 Å². The summed E-state index contributed by atoms with van der Waals surface area (Å²) in [4.78, 5) is 23.7. The van der Waals surface area contributed by atoms with Crippen molar-refractivity contribution in [3.63, 3.8) is 0 Å². The van der Waals surface area contributed by atoms with Gasteiger partial charge in [0.05, 0.1) is 10.6 Å². The van der Waals surface area contributed by atoms with E-state index in [2.05, 4.69) is 5.32 Å². The molecule has 4 nitrogen and oxygen atoms in total. The van der Waals surface area contributed by atoms with Gasteiger partial charge in [-0.3, -0.25) is 4.79 Å². The first kappa shape index (κ1) is 16.4. The number of carbonyl (C=O) groups excluding carboxylic acids is 2. The summed E-state index contributed by atoms with van der Waals surface area (Å²) in [6, 6.07) is 3.01. The zero-order valence-electron chi connectivity index (χ0n) is 11.8. The highest BCUT2D eigenvalue weighted by molar-refractivity contribution is 6.33. The van der Waals surface area contributed by atoms with Crippen LogP contribution in [-0.4, -0.2) is 23.5 Å². The highest BCUT2D eigenvalue weighted by Gasteiger charge is 2.25. The topological polar surface area (TPSA) is 55.4 Å². The Balaban J connectivity index is 2.78. The second-order valence-corrected chi connectivity index (χ2v) is 5.73. The Morgan fingerprint density at radius 3 is 2.45 bits per heavy atom. The van der Waals surface area contributed by atoms with E-state index in [-0.39, 0.29) is 10.6 Å². The molecular weight excluding hydrogens is 285 g/mol. The fraction of sp³-hybridized carbons (Fsp3) is 0.429. The summed E-state index contributed by atoms with van der Waals surface area (Å²) >= 11 is 5.78. The number of rotatable bonds is 3. The van der Waals surface area contributed by atoms with Crippen LogP contribution in [0, 0.1) is 5.82 Å². The Hall–Kier alpha value is -1.62. The Labute approximate surface area is 122 Å². The van der Waals surface area contributed by atoms with E-state index in [1.807, 2.05) is 0 Å². The van der Waals surface area contributed by atoms with E-state index < -0.39 is 29.3 Å². The average Bonchev–Trinajstić information content (AvgIpc) is 2.26. The number of amides is 1. The van der Waals surface area contributed by atoms with Crippen LogP contribution < -0.4 is 5.32 Å². The quantitative estimate of drug-likeness (QED) is 0.873. The van der Waals surface area contributed by atoms with Gasteiger partial charge in [0.2, 0.25) is 0 Å². The lowest BCUT2D eigenvalue weighted by molar-refractivity contribution is -0.156. The normalized spacial score (nSPS) is 12.7. The molecule has 0 aliphatic heterocycles. The van der Waals surface area contributed by atoms with Crippen molar-refractivity contribution in [2.24, 2.45) is 0 Å². The van der Waals surface area contributed by atoms with Gasteiger partial charge in [0.1, 0.15) is 17.5 Å². The smallest absolute Gasteiger partial charge is 0.328 e. The van der Waals surface area contributed by atoms with Crippen LogP contribution in [0.2, 0.25) is 5.02 Å². The standard InChI is InChI=1S/C14H17ClFNO3/c1-8(13(19)20-14(2,3)4)17-12(18)11-9(15)6-5-7-10(11)16/h5-8H,1-4H3,(H,17,18)/t8-/m0/s1. The first-order valence-corrected chi connectivity index (χ1v) is 6.47. The van der Waals surface area contributed by atoms with E-state index in [0.29, 0.717) is 0 Å². The third-order valence-electron chi connectivity index (χ3n) is 2.30. The van der Waals surface area contributed by atoms with Gasteiger partial charge in [-0.05, 0) is 39.8 Å². The molecule has 0 heterocycles. The molecule has 0 radical (unpaired) electrons. The summed E-state index contributed by atoms with van der Waals surface area (Å²) in [6.45, 7) is 6.61. The number of halogens is 2. The van der Waals surface area contributed by atoms with Crippen LogP contribution >= 0.6 is 11.6 Å². The number of benzene rings is 1. The third-order valence-corrected chi connectivity index (χ3v) is 2.61. The molecule has 20 heavy (non-hydrogen) atoms. The molecule has 1 rings (SSSR count). The predicted octanol–water partition coefficient (Wildman–Crippen LogP) is 2.94. The molecule has 0 aliphatic rings. The van der Waals surface area contributed by atoms with Gasteiger partial charge in [0.15, 0.2) is 0 Å². The van der Waals surface area contributed by atoms with E-state index >= 15 is 0 Å². The summed E-state index contributed by atoms with van der Waals surface area (Å²) in [5, 5.41) is 2.35. The lowest BCUT2D eigenvalue weighted by Gasteiger charge is -2.22. The van der Waals surface area contributed by atoms with Gasteiger partial charge < -0.3 is 10.1 Å². The second-order valence-electron chi connectivity index (χ2n) is 5.33. The number of nitrogens with one attached hydrogen (secondary N) is 1. The lowest BCUT2D eigenvalue weighted by atomic mass is 10.1. The molecule has 0 aliphatic carbocycles. The molecule has 0 aromatic heterocycles. The summed E-state index contributed by atoms with van der Waals surface area (Å²) in [7, 11) is 0. The predicted molar refractivity (Wildman–Crippen MR) is 74.2 cm³/mol. The van der Waals surface area contributed by atoms with Crippen molar-refractivity contribution in [1.29, 1.82) is 0 Å². The molecule has 0 fully saturated rings. The molecule has 0 saturated heterocycles. The van der Waals surface area contributed by atoms with Gasteiger partial charge in [-0.25, -0.2) is 9.18 Å². The molecule has 0 bridgehead atoms. The minimum Gasteiger partial charge on any atom is -0.458 e. The van der Waals surface area contributed by atoms with Crippen molar-refractivity contribution in [2.75, 3.05) is 0 Å². The van der Waals surface area contributed by atoms with Gasteiger partial charge >= 0.3 is 5.97 Å². The maximum atomic E-state index is 13.6. The van der Waals surface area contributed by atoms with Gasteiger partial charge in [-0.2, -0.15) is 0 Å². The van der Waals surface area contributed by atoms with Crippen molar-refractivity contribution in [3.8, 4) is 0 Å². The number of esters is 1. The molecule has 1 amide bonds. The molecule has 1 atom stereocenters. The van der Waals surface area contributed by atoms with Crippen molar-refractivity contribution in [3.05, 3.63) is 34.6 Å². The third kappa shape index (κ3) is 4.49. The van der Waals surface area contributed by atoms with Crippen molar-refractivity contribution >= 4 is 23.5 Å². The summed E-state index contributed by atoms with van der Waals surface area (Å²) in [5.41, 5.74) is -0.948. The van der Waals surface area contributed by atoms with Crippen LogP contribution in [0.4, 0.5) is 4.39 Å². The van der Waals surface area contributed by atoms with E-state index in [1.165, 1.54) is 19.1 Å². The van der Waals surface area contributed by atoms with E-state index in [0.717, 1.165) is 6.07 Å². The molecule has 1 aromatic rings. The first-order chi connectivity index (χ1) is 9.11. The van der Waals surface area contributed by atoms with Gasteiger partial charge in [-0.1, -0.05) is 17.7 Å². The van der Waals surface area contributed by atoms with Crippen LogP contribution in [0.25, 0.3) is 0 Å². The molecule has 0 unspecified atom stereocenters. The Morgan fingerprint density at radius 2 is 1.95 bits per heavy atom. The van der Waals surface area contributed by atoms with Crippen molar-refractivity contribution < 1.29 is 18.7 Å². The number of hydrogen-bond acceptors (Lipinski definition) is 3. The number of hydrogen-bond donors (Lipinski definition) is 1. The molecule has 6 heteroatoms. The fourth-order valence-electron chi connectivity index (χ4n) is 1.43. The van der Waals surface area contributed by atoms with Crippen LogP contribution in [0.1, 0.15) is 38.1 Å². The average molecular weight is 302 g/mol. The zero-order chi connectivity index (χ0) is 15.5. The molecule has 0 saturated carbocycles. The van der Waals surface area contributed by atoms with Crippen LogP contribution in [0.3, 0.4) is 0 Å². The number of ether oxygens (including phenoxy) is 1. The molecular formula is C14H17ClFNO3. The largest absolute Gasteiger partial charge is 0.458 e. The molecule has 0 spiro atoms. The molecule has 1 aromatic carbocycles. The van der Waals surface area contributed by atoms with Crippen molar-refractivity contribution in [1.82, 2.24) is 5.32 Å². The van der Waals surface area contributed by atoms with E-state index in [9.17, 15) is 14.0 Å². The van der Waals surface area contributed by atoms with Crippen molar-refractivity contribution in [2.45, 2.75) is 39.3 Å². The summed E-state index contributed by atoms with van der Waals surface area (Å²) < 4.78 is 18.7. The highest BCUT2D eigenvalue weighted by atomic mass is 35.5. The maximum absolute atomic E-state index is 13.6. The maximum Gasteiger partial charge on any atom is 0.328 e. The fourth-order valence-corrected chi connectivity index (χ4v) is 1.68. The minimum atomic E-state index is -0.905. The van der Waals surface area contributed by atoms with E-state index in [1.54, 1.807) is 20.8 Å². The second kappa shape index (κ2) is 6.22. The van der Waals surface area contributed by atoms with Gasteiger partial charge in [0, 0.05) is 0 Å². The Morgan fingerprint density at radius 1 is 1.35 bits per heavy atom. The molecule has 110 valence electrons. The lowest BCUT2D eigenvalue weighted by Crippen LogP contribution is -2.42. The summed E-state index contributed by atoms with van der Waals surface area (Å²) in [5.74, 6) is -2.10. The zero-order valence-corrected chi connectivity index (χ0v) is 12.5.